The van der Waals surface area contributed by atoms with E-state index in [9.17, 15) is 14.7 Å². The number of hydrogen-bond donors (Lipinski definition) is 1. The van der Waals surface area contributed by atoms with Crippen LogP contribution in [0.15, 0.2) is 0 Å². The summed E-state index contributed by atoms with van der Waals surface area (Å²) in [6.07, 6.45) is 8.66. The standard InChI is InChI=1S/C34H56O6/c1-20(35)38-24-19-23-22(34(10)18-14-27(40-34)30(5,6)37)11-16-32(23,8)33(9)17-12-25-29(3,4)26(39-21(2)36)13-15-31(25,7)28(24)33/h22-28,37H,11-19H2,1-10H3/t22-,23?,24?,25?,26-,27-,28?,31-,32+,33+,34?/m0/s1. The molecule has 0 aromatic rings. The average Bonchev–Trinajstić information content (AvgIpc) is 3.37. The van der Waals surface area contributed by atoms with Crippen LogP contribution in [0.4, 0.5) is 0 Å². The van der Waals surface area contributed by atoms with Gasteiger partial charge < -0.3 is 19.3 Å². The minimum absolute atomic E-state index is 0.0148. The Hall–Kier alpha value is -1.14. The Morgan fingerprint density at radius 1 is 0.800 bits per heavy atom. The van der Waals surface area contributed by atoms with Crippen molar-refractivity contribution >= 4 is 11.9 Å². The molecule has 5 aliphatic rings. The van der Waals surface area contributed by atoms with Crippen molar-refractivity contribution < 1.29 is 28.9 Å². The first-order valence-corrected chi connectivity index (χ1v) is 16.0. The van der Waals surface area contributed by atoms with Crippen molar-refractivity contribution in [2.45, 2.75) is 157 Å². The summed E-state index contributed by atoms with van der Waals surface area (Å²) in [6, 6.07) is 0. The summed E-state index contributed by atoms with van der Waals surface area (Å²) in [7, 11) is 0. The fourth-order valence-corrected chi connectivity index (χ4v) is 11.8. The van der Waals surface area contributed by atoms with Crippen LogP contribution in [0.2, 0.25) is 0 Å². The average molecular weight is 561 g/mol. The number of fused-ring (bicyclic) bond motifs is 5. The molecule has 5 unspecified atom stereocenters. The van der Waals surface area contributed by atoms with Crippen LogP contribution in [0.25, 0.3) is 0 Å². The van der Waals surface area contributed by atoms with Gasteiger partial charge in [-0.1, -0.05) is 34.6 Å². The topological polar surface area (TPSA) is 82.1 Å². The highest BCUT2D eigenvalue weighted by Gasteiger charge is 2.73. The van der Waals surface area contributed by atoms with E-state index in [0.717, 1.165) is 57.8 Å². The SMILES string of the molecule is CC(=O)OC1CC2[C@@H](C3(C)CC[C@@H](C(C)(C)O)O3)CC[C@@]2(C)[C@]2(C)CCC3C(C)(C)[C@@H](OC(C)=O)CC[C@]3(C)C12. The van der Waals surface area contributed by atoms with Gasteiger partial charge in [-0.3, -0.25) is 9.59 Å². The zero-order valence-electron chi connectivity index (χ0n) is 26.9. The number of ether oxygens (including phenoxy) is 3. The number of hydrogen-bond acceptors (Lipinski definition) is 6. The molecule has 1 saturated heterocycles. The Labute approximate surface area is 242 Å². The molecule has 0 aromatic carbocycles. The Morgan fingerprint density at radius 3 is 2.00 bits per heavy atom. The van der Waals surface area contributed by atoms with Crippen LogP contribution in [0, 0.1) is 45.3 Å². The molecule has 1 heterocycles. The van der Waals surface area contributed by atoms with Crippen molar-refractivity contribution in [2.24, 2.45) is 45.3 Å². The minimum atomic E-state index is -0.853. The summed E-state index contributed by atoms with van der Waals surface area (Å²) >= 11 is 0. The molecule has 1 N–H and O–H groups in total. The van der Waals surface area contributed by atoms with Gasteiger partial charge in [0, 0.05) is 25.2 Å². The third-order valence-corrected chi connectivity index (χ3v) is 13.8. The van der Waals surface area contributed by atoms with Gasteiger partial charge in [0.25, 0.3) is 0 Å². The van der Waals surface area contributed by atoms with Crippen LogP contribution in [-0.2, 0) is 23.8 Å². The Morgan fingerprint density at radius 2 is 1.43 bits per heavy atom. The van der Waals surface area contributed by atoms with Crippen LogP contribution in [-0.4, -0.2) is 46.6 Å². The number of carbonyl (C=O) groups is 2. The van der Waals surface area contributed by atoms with Gasteiger partial charge in [0.05, 0.1) is 17.3 Å². The summed E-state index contributed by atoms with van der Waals surface area (Å²) in [4.78, 5) is 24.6. The normalized spacial score (nSPS) is 49.9. The first-order valence-electron chi connectivity index (χ1n) is 16.0. The molecule has 11 atom stereocenters. The maximum absolute atomic E-state index is 12.6. The predicted octanol–water partition coefficient (Wildman–Crippen LogP) is 6.85. The fraction of sp³-hybridized carbons (Fsp3) is 0.941. The Bertz CT molecular complexity index is 1030. The molecule has 0 spiro atoms. The molecule has 40 heavy (non-hydrogen) atoms. The van der Waals surface area contributed by atoms with Gasteiger partial charge in [0.1, 0.15) is 12.2 Å². The molecular weight excluding hydrogens is 504 g/mol. The first-order chi connectivity index (χ1) is 18.3. The molecule has 4 saturated carbocycles. The monoisotopic (exact) mass is 560 g/mol. The molecule has 6 nitrogen and oxygen atoms in total. The van der Waals surface area contributed by atoms with Crippen LogP contribution < -0.4 is 0 Å². The lowest BCUT2D eigenvalue weighted by molar-refractivity contribution is -0.263. The molecule has 228 valence electrons. The van der Waals surface area contributed by atoms with Crippen molar-refractivity contribution in [1.82, 2.24) is 0 Å². The van der Waals surface area contributed by atoms with E-state index < -0.39 is 5.60 Å². The molecule has 0 amide bonds. The summed E-state index contributed by atoms with van der Waals surface area (Å²) in [6.45, 7) is 21.2. The van der Waals surface area contributed by atoms with Crippen molar-refractivity contribution in [3.05, 3.63) is 0 Å². The van der Waals surface area contributed by atoms with E-state index >= 15 is 0 Å². The second-order valence-corrected chi connectivity index (χ2v) is 16.6. The lowest BCUT2D eigenvalue weighted by Crippen LogP contribution is -2.68. The number of carbonyl (C=O) groups excluding carboxylic acids is 2. The smallest absolute Gasteiger partial charge is 0.302 e. The van der Waals surface area contributed by atoms with E-state index in [1.54, 1.807) is 6.92 Å². The van der Waals surface area contributed by atoms with Crippen LogP contribution >= 0.6 is 0 Å². The lowest BCUT2D eigenvalue weighted by Gasteiger charge is -2.71. The van der Waals surface area contributed by atoms with E-state index in [-0.39, 0.29) is 63.4 Å². The van der Waals surface area contributed by atoms with E-state index in [0.29, 0.717) is 17.8 Å². The molecule has 1 aliphatic heterocycles. The van der Waals surface area contributed by atoms with Crippen molar-refractivity contribution in [2.75, 3.05) is 0 Å². The summed E-state index contributed by atoms with van der Waals surface area (Å²) < 4.78 is 19.0. The van der Waals surface area contributed by atoms with E-state index in [1.165, 1.54) is 6.92 Å². The number of esters is 2. The predicted molar refractivity (Wildman–Crippen MR) is 154 cm³/mol. The van der Waals surface area contributed by atoms with E-state index in [4.69, 9.17) is 14.2 Å². The highest BCUT2D eigenvalue weighted by molar-refractivity contribution is 5.66. The van der Waals surface area contributed by atoms with Gasteiger partial charge >= 0.3 is 11.9 Å². The summed E-state index contributed by atoms with van der Waals surface area (Å²) in [5.41, 5.74) is -1.16. The van der Waals surface area contributed by atoms with E-state index in [1.807, 2.05) is 13.8 Å². The molecule has 0 radical (unpaired) electrons. The van der Waals surface area contributed by atoms with E-state index in [2.05, 4.69) is 41.5 Å². The maximum atomic E-state index is 12.6. The molecule has 6 heteroatoms. The second-order valence-electron chi connectivity index (χ2n) is 16.6. The third-order valence-electron chi connectivity index (χ3n) is 13.8. The largest absolute Gasteiger partial charge is 0.462 e. The maximum Gasteiger partial charge on any atom is 0.302 e. The van der Waals surface area contributed by atoms with Gasteiger partial charge in [0.2, 0.25) is 0 Å². The number of rotatable bonds is 4. The van der Waals surface area contributed by atoms with Gasteiger partial charge in [-0.2, -0.15) is 0 Å². The zero-order valence-corrected chi connectivity index (χ0v) is 26.9. The molecule has 5 rings (SSSR count). The van der Waals surface area contributed by atoms with Gasteiger partial charge in [0.15, 0.2) is 0 Å². The molecule has 4 aliphatic carbocycles. The first kappa shape index (κ1) is 30.3. The minimum Gasteiger partial charge on any atom is -0.462 e. The molecule has 0 bridgehead atoms. The van der Waals surface area contributed by atoms with Crippen LogP contribution in [0.1, 0.15) is 127 Å². The van der Waals surface area contributed by atoms with Crippen molar-refractivity contribution in [1.29, 1.82) is 0 Å². The Balaban J connectivity index is 1.52. The van der Waals surface area contributed by atoms with Crippen LogP contribution in [0.3, 0.4) is 0 Å². The highest BCUT2D eigenvalue weighted by atomic mass is 16.5. The fourth-order valence-electron chi connectivity index (χ4n) is 11.8. The highest BCUT2D eigenvalue weighted by Crippen LogP contribution is 2.76. The Kier molecular flexibility index (Phi) is 7.15. The zero-order chi connectivity index (χ0) is 29.7. The molecule has 5 fully saturated rings. The molecule has 0 aromatic heterocycles. The molecular formula is C34H56O6. The van der Waals surface area contributed by atoms with Crippen molar-refractivity contribution in [3.63, 3.8) is 0 Å². The third kappa shape index (κ3) is 4.31. The summed E-state index contributed by atoms with van der Waals surface area (Å²) in [5, 5.41) is 10.7. The van der Waals surface area contributed by atoms with Crippen molar-refractivity contribution in [3.8, 4) is 0 Å². The summed E-state index contributed by atoms with van der Waals surface area (Å²) in [5.74, 6) is 1.03. The number of aliphatic hydroxyl groups is 1. The van der Waals surface area contributed by atoms with Gasteiger partial charge in [-0.25, -0.2) is 0 Å². The quantitative estimate of drug-likeness (QED) is 0.379. The second kappa shape index (κ2) is 9.43. The van der Waals surface area contributed by atoms with Gasteiger partial charge in [-0.15, -0.1) is 0 Å². The van der Waals surface area contributed by atoms with Crippen LogP contribution in [0.5, 0.6) is 0 Å². The lowest BCUT2D eigenvalue weighted by atomic mass is 9.35. The van der Waals surface area contributed by atoms with Gasteiger partial charge in [-0.05, 0) is 113 Å².